The summed E-state index contributed by atoms with van der Waals surface area (Å²) in [5.41, 5.74) is 0.141. The molecule has 0 bridgehead atoms. The van der Waals surface area contributed by atoms with Crippen molar-refractivity contribution in [3.8, 4) is 0 Å². The molecule has 1 rings (SSSR count). The summed E-state index contributed by atoms with van der Waals surface area (Å²) in [6.07, 6.45) is -1.99. The smallest absolute Gasteiger partial charge is 0.310 e. The summed E-state index contributed by atoms with van der Waals surface area (Å²) in [4.78, 5) is 0. The SMILES string of the molecule is CCCCSCC(NCC)c1cccc(C(F)(F)F)c1. The molecule has 0 aliphatic carbocycles. The molecule has 0 saturated heterocycles. The summed E-state index contributed by atoms with van der Waals surface area (Å²) < 4.78 is 38.2. The normalized spacial score (nSPS) is 13.4. The van der Waals surface area contributed by atoms with Crippen molar-refractivity contribution < 1.29 is 13.2 Å². The second kappa shape index (κ2) is 8.57. The number of thioether (sulfide) groups is 1. The quantitative estimate of drug-likeness (QED) is 0.686. The zero-order chi connectivity index (χ0) is 15.0. The lowest BCUT2D eigenvalue weighted by Crippen LogP contribution is -2.23. The maximum Gasteiger partial charge on any atom is 0.416 e. The van der Waals surface area contributed by atoms with Crippen molar-refractivity contribution in [3.05, 3.63) is 35.4 Å². The summed E-state index contributed by atoms with van der Waals surface area (Å²) in [7, 11) is 0. The van der Waals surface area contributed by atoms with Crippen LogP contribution in [0.4, 0.5) is 13.2 Å². The van der Waals surface area contributed by atoms with Crippen LogP contribution in [-0.2, 0) is 6.18 Å². The zero-order valence-corrected chi connectivity index (χ0v) is 12.8. The lowest BCUT2D eigenvalue weighted by molar-refractivity contribution is -0.137. The summed E-state index contributed by atoms with van der Waals surface area (Å²) >= 11 is 1.79. The van der Waals surface area contributed by atoms with Crippen molar-refractivity contribution in [1.29, 1.82) is 0 Å². The summed E-state index contributed by atoms with van der Waals surface area (Å²) in [6.45, 7) is 4.85. The third-order valence-electron chi connectivity index (χ3n) is 2.99. The Morgan fingerprint density at radius 3 is 2.60 bits per heavy atom. The van der Waals surface area contributed by atoms with E-state index in [1.54, 1.807) is 17.8 Å². The predicted molar refractivity (Wildman–Crippen MR) is 80.1 cm³/mol. The lowest BCUT2D eigenvalue weighted by atomic mass is 10.0. The van der Waals surface area contributed by atoms with Gasteiger partial charge in [0.2, 0.25) is 0 Å². The van der Waals surface area contributed by atoms with E-state index in [0.717, 1.165) is 37.0 Å². The first kappa shape index (κ1) is 17.4. The van der Waals surface area contributed by atoms with Crippen LogP contribution in [0.15, 0.2) is 24.3 Å². The highest BCUT2D eigenvalue weighted by Crippen LogP contribution is 2.31. The molecule has 1 atom stereocenters. The third kappa shape index (κ3) is 5.75. The molecule has 1 aromatic carbocycles. The minimum absolute atomic E-state index is 0.0239. The Balaban J connectivity index is 2.75. The number of hydrogen-bond donors (Lipinski definition) is 1. The van der Waals surface area contributed by atoms with Crippen LogP contribution in [0.3, 0.4) is 0 Å². The van der Waals surface area contributed by atoms with Crippen LogP contribution >= 0.6 is 11.8 Å². The van der Waals surface area contributed by atoms with Crippen LogP contribution in [0, 0.1) is 0 Å². The van der Waals surface area contributed by atoms with Gasteiger partial charge >= 0.3 is 6.18 Å². The highest BCUT2D eigenvalue weighted by molar-refractivity contribution is 7.99. The fraction of sp³-hybridized carbons (Fsp3) is 0.600. The van der Waals surface area contributed by atoms with E-state index in [0.29, 0.717) is 5.56 Å². The van der Waals surface area contributed by atoms with Gasteiger partial charge in [0, 0.05) is 11.8 Å². The van der Waals surface area contributed by atoms with E-state index in [4.69, 9.17) is 0 Å². The second-order valence-electron chi connectivity index (χ2n) is 4.66. The molecule has 0 aromatic heterocycles. The maximum absolute atomic E-state index is 12.7. The molecule has 0 radical (unpaired) electrons. The van der Waals surface area contributed by atoms with Crippen molar-refractivity contribution in [2.75, 3.05) is 18.1 Å². The molecule has 1 N–H and O–H groups in total. The van der Waals surface area contributed by atoms with Crippen LogP contribution in [0.2, 0.25) is 0 Å². The van der Waals surface area contributed by atoms with Crippen molar-refractivity contribution in [3.63, 3.8) is 0 Å². The number of nitrogens with one attached hydrogen (secondary N) is 1. The van der Waals surface area contributed by atoms with Gasteiger partial charge in [-0.2, -0.15) is 24.9 Å². The first-order valence-electron chi connectivity index (χ1n) is 6.97. The highest BCUT2D eigenvalue weighted by atomic mass is 32.2. The van der Waals surface area contributed by atoms with Gasteiger partial charge in [-0.1, -0.05) is 32.4 Å². The van der Waals surface area contributed by atoms with Gasteiger partial charge in [0.15, 0.2) is 0 Å². The highest BCUT2D eigenvalue weighted by Gasteiger charge is 2.30. The minimum Gasteiger partial charge on any atom is -0.310 e. The summed E-state index contributed by atoms with van der Waals surface area (Å²) in [5.74, 6) is 1.85. The molecule has 0 aliphatic rings. The fourth-order valence-corrected chi connectivity index (χ4v) is 3.10. The first-order chi connectivity index (χ1) is 9.49. The van der Waals surface area contributed by atoms with Crippen molar-refractivity contribution >= 4 is 11.8 Å². The lowest BCUT2D eigenvalue weighted by Gasteiger charge is -2.19. The molecule has 0 amide bonds. The van der Waals surface area contributed by atoms with Gasteiger partial charge in [-0.3, -0.25) is 0 Å². The van der Waals surface area contributed by atoms with E-state index in [9.17, 15) is 13.2 Å². The van der Waals surface area contributed by atoms with Gasteiger partial charge < -0.3 is 5.32 Å². The van der Waals surface area contributed by atoms with Crippen LogP contribution in [0.1, 0.15) is 43.9 Å². The van der Waals surface area contributed by atoms with Crippen LogP contribution < -0.4 is 5.32 Å². The molecule has 1 aromatic rings. The Kier molecular flexibility index (Phi) is 7.45. The molecule has 0 heterocycles. The molecular formula is C15H22F3NS. The first-order valence-corrected chi connectivity index (χ1v) is 8.12. The topological polar surface area (TPSA) is 12.0 Å². The van der Waals surface area contributed by atoms with Crippen LogP contribution in [0.5, 0.6) is 0 Å². The molecule has 0 spiro atoms. The Morgan fingerprint density at radius 1 is 1.25 bits per heavy atom. The van der Waals surface area contributed by atoms with Gasteiger partial charge in [0.05, 0.1) is 5.56 Å². The van der Waals surface area contributed by atoms with Crippen molar-refractivity contribution in [1.82, 2.24) is 5.32 Å². The Hall–Kier alpha value is -0.680. The van der Waals surface area contributed by atoms with Crippen molar-refractivity contribution in [2.24, 2.45) is 0 Å². The molecule has 1 nitrogen and oxygen atoms in total. The number of halogens is 3. The zero-order valence-electron chi connectivity index (χ0n) is 12.0. The van der Waals surface area contributed by atoms with Crippen LogP contribution in [0.25, 0.3) is 0 Å². The van der Waals surface area contributed by atoms with E-state index >= 15 is 0 Å². The van der Waals surface area contributed by atoms with Gasteiger partial charge in [0.1, 0.15) is 0 Å². The van der Waals surface area contributed by atoms with E-state index in [-0.39, 0.29) is 6.04 Å². The molecule has 114 valence electrons. The second-order valence-corrected chi connectivity index (χ2v) is 5.81. The molecule has 1 unspecified atom stereocenters. The average molecular weight is 305 g/mol. The van der Waals surface area contributed by atoms with Gasteiger partial charge in [-0.15, -0.1) is 0 Å². The van der Waals surface area contributed by atoms with E-state index in [1.807, 2.05) is 6.92 Å². The Bertz CT molecular complexity index is 393. The predicted octanol–water partition coefficient (Wildman–Crippen LogP) is 4.89. The monoisotopic (exact) mass is 305 g/mol. The largest absolute Gasteiger partial charge is 0.416 e. The molecular weight excluding hydrogens is 283 g/mol. The summed E-state index contributed by atoms with van der Waals surface area (Å²) in [5, 5.41) is 3.27. The van der Waals surface area contributed by atoms with Crippen molar-refractivity contribution in [2.45, 2.75) is 38.9 Å². The third-order valence-corrected chi connectivity index (χ3v) is 4.14. The van der Waals surface area contributed by atoms with Gasteiger partial charge in [0.25, 0.3) is 0 Å². The number of alkyl halides is 3. The standard InChI is InChI=1S/C15H22F3NS/c1-3-5-9-20-11-14(19-4-2)12-7-6-8-13(10-12)15(16,17)18/h6-8,10,14,19H,3-5,9,11H2,1-2H3. The Labute approximate surface area is 123 Å². The van der Waals surface area contributed by atoms with E-state index in [1.165, 1.54) is 12.1 Å². The molecule has 0 saturated carbocycles. The van der Waals surface area contributed by atoms with E-state index in [2.05, 4.69) is 12.2 Å². The number of unbranched alkanes of at least 4 members (excludes halogenated alkanes) is 1. The van der Waals surface area contributed by atoms with Crippen LogP contribution in [-0.4, -0.2) is 18.1 Å². The number of benzene rings is 1. The fourth-order valence-electron chi connectivity index (χ4n) is 1.90. The Morgan fingerprint density at radius 2 is 2.00 bits per heavy atom. The van der Waals surface area contributed by atoms with E-state index < -0.39 is 11.7 Å². The van der Waals surface area contributed by atoms with Gasteiger partial charge in [-0.05, 0) is 36.4 Å². The molecule has 5 heteroatoms. The van der Waals surface area contributed by atoms with Gasteiger partial charge in [-0.25, -0.2) is 0 Å². The molecule has 20 heavy (non-hydrogen) atoms. The molecule has 0 fully saturated rings. The average Bonchev–Trinajstić information content (AvgIpc) is 2.41. The minimum atomic E-state index is -4.28. The molecule has 0 aliphatic heterocycles. The summed E-state index contributed by atoms with van der Waals surface area (Å²) in [6, 6.07) is 5.61. The number of rotatable bonds is 8. The number of hydrogen-bond acceptors (Lipinski definition) is 2. The maximum atomic E-state index is 12.7.